The number of aromatic amines is 1. The maximum Gasteiger partial charge on any atom is 0.354 e. The fraction of sp³-hybridized carbons (Fsp3) is 0.533. The molecule has 0 fully saturated rings. The Labute approximate surface area is 124 Å². The van der Waals surface area contributed by atoms with Crippen molar-refractivity contribution < 1.29 is 19.1 Å². The van der Waals surface area contributed by atoms with Gasteiger partial charge in [-0.05, 0) is 26.3 Å². The quantitative estimate of drug-likeness (QED) is 0.641. The van der Waals surface area contributed by atoms with Gasteiger partial charge >= 0.3 is 5.97 Å². The van der Waals surface area contributed by atoms with Crippen molar-refractivity contribution in [3.05, 3.63) is 22.5 Å². The lowest BCUT2D eigenvalue weighted by Crippen LogP contribution is -2.35. The van der Waals surface area contributed by atoms with E-state index in [1.54, 1.807) is 20.8 Å². The number of nitrogens with zero attached hydrogens (tertiary/aromatic N) is 1. The first-order valence-corrected chi connectivity index (χ1v) is 6.95. The summed E-state index contributed by atoms with van der Waals surface area (Å²) in [6, 6.07) is 0. The van der Waals surface area contributed by atoms with Gasteiger partial charge in [0.15, 0.2) is 5.78 Å². The highest BCUT2D eigenvalue weighted by Gasteiger charge is 2.24. The molecule has 1 aromatic rings. The van der Waals surface area contributed by atoms with Gasteiger partial charge in [-0.15, -0.1) is 0 Å². The van der Waals surface area contributed by atoms with Crippen LogP contribution in [0.1, 0.15) is 52.4 Å². The summed E-state index contributed by atoms with van der Waals surface area (Å²) >= 11 is 0. The van der Waals surface area contributed by atoms with Gasteiger partial charge in [-0.25, -0.2) is 4.79 Å². The van der Waals surface area contributed by atoms with Crippen LogP contribution in [-0.2, 0) is 9.53 Å². The number of esters is 1. The molecule has 0 aliphatic rings. The highest BCUT2D eigenvalue weighted by Crippen LogP contribution is 2.19. The summed E-state index contributed by atoms with van der Waals surface area (Å²) in [6.07, 6.45) is 0.361. The Morgan fingerprint density at radius 1 is 1.19 bits per heavy atom. The summed E-state index contributed by atoms with van der Waals surface area (Å²) in [6.45, 7) is 7.51. The van der Waals surface area contributed by atoms with E-state index in [1.807, 2.05) is 6.92 Å². The largest absolute Gasteiger partial charge is 0.464 e. The SMILES string of the molecule is CCC(=O)N(CC)CC(=O)c1c(C)[nH]c(C(=O)OC)c1C. The Morgan fingerprint density at radius 2 is 1.81 bits per heavy atom. The van der Waals surface area contributed by atoms with Gasteiger partial charge in [0.1, 0.15) is 5.69 Å². The van der Waals surface area contributed by atoms with E-state index < -0.39 is 5.97 Å². The number of aromatic nitrogens is 1. The summed E-state index contributed by atoms with van der Waals surface area (Å²) < 4.78 is 4.68. The summed E-state index contributed by atoms with van der Waals surface area (Å²) in [4.78, 5) is 40.2. The van der Waals surface area contributed by atoms with Gasteiger partial charge in [0.05, 0.1) is 13.7 Å². The van der Waals surface area contributed by atoms with Crippen LogP contribution < -0.4 is 0 Å². The molecule has 0 radical (unpaired) electrons. The van der Waals surface area contributed by atoms with Gasteiger partial charge in [0.25, 0.3) is 0 Å². The number of rotatable bonds is 6. The third-order valence-corrected chi connectivity index (χ3v) is 3.48. The molecule has 116 valence electrons. The lowest BCUT2D eigenvalue weighted by atomic mass is 10.1. The summed E-state index contributed by atoms with van der Waals surface area (Å²) in [5.41, 5.74) is 1.91. The Hall–Kier alpha value is -2.11. The summed E-state index contributed by atoms with van der Waals surface area (Å²) in [7, 11) is 1.29. The van der Waals surface area contributed by atoms with E-state index in [1.165, 1.54) is 12.0 Å². The number of ether oxygens (including phenoxy) is 1. The zero-order chi connectivity index (χ0) is 16.2. The molecule has 1 heterocycles. The molecule has 0 aromatic carbocycles. The van der Waals surface area contributed by atoms with Crippen molar-refractivity contribution in [2.24, 2.45) is 0 Å². The van der Waals surface area contributed by atoms with Crippen molar-refractivity contribution in [1.82, 2.24) is 9.88 Å². The van der Waals surface area contributed by atoms with Crippen LogP contribution in [0.3, 0.4) is 0 Å². The highest BCUT2D eigenvalue weighted by molar-refractivity contribution is 6.04. The van der Waals surface area contributed by atoms with Crippen LogP contribution in [0.5, 0.6) is 0 Å². The molecular weight excluding hydrogens is 272 g/mol. The molecule has 0 saturated heterocycles. The van der Waals surface area contributed by atoms with E-state index in [9.17, 15) is 14.4 Å². The lowest BCUT2D eigenvalue weighted by Gasteiger charge is -2.19. The first-order chi connectivity index (χ1) is 9.87. The van der Waals surface area contributed by atoms with Crippen LogP contribution >= 0.6 is 0 Å². The second kappa shape index (κ2) is 7.06. The zero-order valence-electron chi connectivity index (χ0n) is 13.2. The van der Waals surface area contributed by atoms with Gasteiger partial charge in [-0.1, -0.05) is 6.92 Å². The number of hydrogen-bond donors (Lipinski definition) is 1. The number of ketones is 1. The van der Waals surface area contributed by atoms with E-state index >= 15 is 0 Å². The zero-order valence-corrected chi connectivity index (χ0v) is 13.2. The molecule has 1 aromatic heterocycles. The minimum absolute atomic E-state index is 0.0172. The lowest BCUT2D eigenvalue weighted by molar-refractivity contribution is -0.130. The van der Waals surface area contributed by atoms with Crippen molar-refractivity contribution in [3.8, 4) is 0 Å². The fourth-order valence-corrected chi connectivity index (χ4v) is 2.33. The Kier molecular flexibility index (Phi) is 5.69. The van der Waals surface area contributed by atoms with Crippen molar-refractivity contribution in [2.75, 3.05) is 20.2 Å². The van der Waals surface area contributed by atoms with Crippen LogP contribution in [-0.4, -0.2) is 47.7 Å². The molecule has 6 heteroatoms. The first-order valence-electron chi connectivity index (χ1n) is 6.95. The second-order valence-electron chi connectivity index (χ2n) is 4.80. The first kappa shape index (κ1) is 16.9. The molecule has 1 rings (SSSR count). The van der Waals surface area contributed by atoms with Gasteiger partial charge < -0.3 is 14.6 Å². The smallest absolute Gasteiger partial charge is 0.354 e. The number of methoxy groups -OCH3 is 1. The van der Waals surface area contributed by atoms with Gasteiger partial charge in [-0.2, -0.15) is 0 Å². The summed E-state index contributed by atoms with van der Waals surface area (Å²) in [5.74, 6) is -0.753. The number of aryl methyl sites for hydroxylation is 1. The van der Waals surface area contributed by atoms with Gasteiger partial charge in [0.2, 0.25) is 5.91 Å². The van der Waals surface area contributed by atoms with Crippen molar-refractivity contribution in [2.45, 2.75) is 34.1 Å². The third kappa shape index (κ3) is 3.51. The molecule has 6 nitrogen and oxygen atoms in total. The normalized spacial score (nSPS) is 10.3. The topological polar surface area (TPSA) is 79.5 Å². The minimum Gasteiger partial charge on any atom is -0.464 e. The van der Waals surface area contributed by atoms with E-state index in [4.69, 9.17) is 0 Å². The molecular formula is C15H22N2O4. The second-order valence-corrected chi connectivity index (χ2v) is 4.80. The van der Waals surface area contributed by atoms with Crippen LogP contribution in [0.25, 0.3) is 0 Å². The number of Topliss-reactive ketones (excluding diaryl/α,β-unsaturated/α-hetero) is 1. The molecule has 0 bridgehead atoms. The van der Waals surface area contributed by atoms with Crippen molar-refractivity contribution in [1.29, 1.82) is 0 Å². The van der Waals surface area contributed by atoms with Crippen LogP contribution in [0, 0.1) is 13.8 Å². The maximum atomic E-state index is 12.4. The highest BCUT2D eigenvalue weighted by atomic mass is 16.5. The predicted octanol–water partition coefficient (Wildman–Crippen LogP) is 1.86. The molecule has 21 heavy (non-hydrogen) atoms. The van der Waals surface area contributed by atoms with E-state index in [0.717, 1.165) is 0 Å². The monoisotopic (exact) mass is 294 g/mol. The van der Waals surface area contributed by atoms with Crippen LogP contribution in [0.4, 0.5) is 0 Å². The Balaban J connectivity index is 3.05. The molecule has 0 aliphatic heterocycles. The fourth-order valence-electron chi connectivity index (χ4n) is 2.33. The third-order valence-electron chi connectivity index (χ3n) is 3.48. The molecule has 0 atom stereocenters. The number of hydrogen-bond acceptors (Lipinski definition) is 4. The molecule has 1 amide bonds. The Morgan fingerprint density at radius 3 is 2.29 bits per heavy atom. The average Bonchev–Trinajstić information content (AvgIpc) is 2.77. The standard InChI is InChI=1S/C15H22N2O4/c1-6-12(19)17(7-2)8-11(18)13-9(3)14(15(20)21-5)16-10(13)4/h16H,6-8H2,1-5H3. The number of H-pyrrole nitrogens is 1. The molecule has 0 unspecified atom stereocenters. The maximum absolute atomic E-state index is 12.4. The Bertz CT molecular complexity index is 560. The molecule has 0 spiro atoms. The molecule has 0 aliphatic carbocycles. The number of nitrogens with one attached hydrogen (secondary N) is 1. The van der Waals surface area contributed by atoms with Gasteiger partial charge in [0, 0.05) is 24.2 Å². The van der Waals surface area contributed by atoms with E-state index in [-0.39, 0.29) is 23.9 Å². The van der Waals surface area contributed by atoms with Gasteiger partial charge in [-0.3, -0.25) is 9.59 Å². The molecule has 0 saturated carbocycles. The van der Waals surface area contributed by atoms with Crippen LogP contribution in [0.15, 0.2) is 0 Å². The number of amides is 1. The number of carbonyl (C=O) groups is 3. The van der Waals surface area contributed by atoms with Crippen molar-refractivity contribution >= 4 is 17.7 Å². The summed E-state index contributed by atoms with van der Waals surface area (Å²) in [5, 5.41) is 0. The number of likely N-dealkylation sites (N-methyl/N-ethyl adjacent to an activating group) is 1. The van der Waals surface area contributed by atoms with E-state index in [2.05, 4.69) is 9.72 Å². The number of carbonyl (C=O) groups excluding carboxylic acids is 3. The average molecular weight is 294 g/mol. The van der Waals surface area contributed by atoms with E-state index in [0.29, 0.717) is 29.8 Å². The van der Waals surface area contributed by atoms with Crippen molar-refractivity contribution in [3.63, 3.8) is 0 Å². The minimum atomic E-state index is -0.508. The predicted molar refractivity (Wildman–Crippen MR) is 78.5 cm³/mol. The van der Waals surface area contributed by atoms with Crippen LogP contribution in [0.2, 0.25) is 0 Å². The molecule has 1 N–H and O–H groups in total.